The molecule has 0 saturated heterocycles. The van der Waals surface area contributed by atoms with Crippen LogP contribution in [0.4, 0.5) is 16.2 Å². The van der Waals surface area contributed by atoms with Gasteiger partial charge in [-0.15, -0.1) is 0 Å². The SMILES string of the molecule is Cc1ccncc1NC(=O)Nc1cc(Cl)cc(C(=O)O)c1. The van der Waals surface area contributed by atoms with E-state index >= 15 is 0 Å². The van der Waals surface area contributed by atoms with Crippen LogP contribution in [0.2, 0.25) is 5.02 Å². The molecule has 0 unspecified atom stereocenters. The van der Waals surface area contributed by atoms with E-state index in [0.29, 0.717) is 11.4 Å². The van der Waals surface area contributed by atoms with E-state index in [-0.39, 0.29) is 10.6 Å². The van der Waals surface area contributed by atoms with Gasteiger partial charge >= 0.3 is 12.0 Å². The Balaban J connectivity index is 2.13. The molecule has 0 aliphatic heterocycles. The number of nitrogens with zero attached hydrogens (tertiary/aromatic N) is 1. The number of carbonyl (C=O) groups excluding carboxylic acids is 1. The van der Waals surface area contributed by atoms with Crippen molar-refractivity contribution < 1.29 is 14.7 Å². The number of hydrogen-bond donors (Lipinski definition) is 3. The van der Waals surface area contributed by atoms with Crippen LogP contribution < -0.4 is 10.6 Å². The molecule has 0 atom stereocenters. The molecule has 3 N–H and O–H groups in total. The quantitative estimate of drug-likeness (QED) is 0.810. The zero-order valence-electron chi connectivity index (χ0n) is 11.1. The summed E-state index contributed by atoms with van der Waals surface area (Å²) in [6.07, 6.45) is 3.14. The van der Waals surface area contributed by atoms with Crippen molar-refractivity contribution in [2.45, 2.75) is 6.92 Å². The molecule has 0 aliphatic carbocycles. The molecule has 0 aliphatic rings. The number of aromatic carboxylic acids is 1. The third kappa shape index (κ3) is 3.93. The molecule has 1 heterocycles. The first-order valence-corrected chi connectivity index (χ1v) is 6.36. The molecule has 2 amide bonds. The minimum absolute atomic E-state index is 0.00430. The van der Waals surface area contributed by atoms with Gasteiger partial charge in [-0.2, -0.15) is 0 Å². The van der Waals surface area contributed by atoms with Gasteiger partial charge in [0.15, 0.2) is 0 Å². The highest BCUT2D eigenvalue weighted by Gasteiger charge is 2.09. The van der Waals surface area contributed by atoms with E-state index in [1.807, 2.05) is 6.92 Å². The van der Waals surface area contributed by atoms with Crippen molar-refractivity contribution in [1.29, 1.82) is 0 Å². The third-order valence-corrected chi connectivity index (χ3v) is 2.91. The topological polar surface area (TPSA) is 91.3 Å². The van der Waals surface area contributed by atoms with Crippen LogP contribution in [0.3, 0.4) is 0 Å². The van der Waals surface area contributed by atoms with Crippen LogP contribution >= 0.6 is 11.6 Å². The number of urea groups is 1. The van der Waals surface area contributed by atoms with Gasteiger partial charge in [-0.05, 0) is 36.8 Å². The highest BCUT2D eigenvalue weighted by atomic mass is 35.5. The second-order valence-electron chi connectivity index (χ2n) is 4.30. The number of halogens is 1. The van der Waals surface area contributed by atoms with E-state index in [1.54, 1.807) is 12.3 Å². The standard InChI is InChI=1S/C14H12ClN3O3/c1-8-2-3-16-7-12(8)18-14(21)17-11-5-9(13(19)20)4-10(15)6-11/h2-7H,1H3,(H,19,20)(H2,17,18,21). The van der Waals surface area contributed by atoms with E-state index in [2.05, 4.69) is 15.6 Å². The Morgan fingerprint density at radius 2 is 2.00 bits per heavy atom. The molecule has 2 rings (SSSR count). The van der Waals surface area contributed by atoms with Crippen molar-refractivity contribution in [3.63, 3.8) is 0 Å². The molecule has 21 heavy (non-hydrogen) atoms. The predicted molar refractivity (Wildman–Crippen MR) is 80.0 cm³/mol. The van der Waals surface area contributed by atoms with Gasteiger partial charge in [0, 0.05) is 16.9 Å². The van der Waals surface area contributed by atoms with Crippen LogP contribution in [-0.4, -0.2) is 22.1 Å². The summed E-state index contributed by atoms with van der Waals surface area (Å²) in [6.45, 7) is 1.83. The molecule has 0 radical (unpaired) electrons. The molecule has 7 heteroatoms. The molecule has 2 aromatic rings. The van der Waals surface area contributed by atoms with Crippen molar-refractivity contribution in [3.05, 3.63) is 52.8 Å². The van der Waals surface area contributed by atoms with Gasteiger partial charge < -0.3 is 15.7 Å². The van der Waals surface area contributed by atoms with E-state index in [0.717, 1.165) is 5.56 Å². The first kappa shape index (κ1) is 14.8. The van der Waals surface area contributed by atoms with Crippen LogP contribution in [0.1, 0.15) is 15.9 Å². The van der Waals surface area contributed by atoms with Gasteiger partial charge in [-0.25, -0.2) is 9.59 Å². The average molecular weight is 306 g/mol. The Hall–Kier alpha value is -2.60. The van der Waals surface area contributed by atoms with Crippen LogP contribution in [0.15, 0.2) is 36.7 Å². The number of carbonyl (C=O) groups is 2. The van der Waals surface area contributed by atoms with Crippen LogP contribution in [-0.2, 0) is 0 Å². The summed E-state index contributed by atoms with van der Waals surface area (Å²) >= 11 is 5.82. The second kappa shape index (κ2) is 6.23. The van der Waals surface area contributed by atoms with Gasteiger partial charge in [-0.3, -0.25) is 4.98 Å². The number of hydrogen-bond acceptors (Lipinski definition) is 3. The largest absolute Gasteiger partial charge is 0.478 e. The summed E-state index contributed by atoms with van der Waals surface area (Å²) in [5, 5.41) is 14.3. The van der Waals surface area contributed by atoms with Gasteiger partial charge in [0.05, 0.1) is 17.4 Å². The van der Waals surface area contributed by atoms with Gasteiger partial charge in [0.25, 0.3) is 0 Å². The Kier molecular flexibility index (Phi) is 4.39. The van der Waals surface area contributed by atoms with Crippen LogP contribution in [0.5, 0.6) is 0 Å². The highest BCUT2D eigenvalue weighted by molar-refractivity contribution is 6.31. The molecule has 108 valence electrons. The summed E-state index contributed by atoms with van der Waals surface area (Å²) in [5.41, 5.74) is 1.71. The van der Waals surface area contributed by atoms with Gasteiger partial charge in [-0.1, -0.05) is 11.6 Å². The Bertz CT molecular complexity index is 704. The fourth-order valence-corrected chi connectivity index (χ4v) is 1.90. The lowest BCUT2D eigenvalue weighted by Crippen LogP contribution is -2.20. The Morgan fingerprint density at radius 3 is 2.67 bits per heavy atom. The lowest BCUT2D eigenvalue weighted by molar-refractivity contribution is 0.0697. The van der Waals surface area contributed by atoms with Crippen molar-refractivity contribution in [1.82, 2.24) is 4.98 Å². The second-order valence-corrected chi connectivity index (χ2v) is 4.74. The lowest BCUT2D eigenvalue weighted by atomic mass is 10.2. The Labute approximate surface area is 125 Å². The summed E-state index contributed by atoms with van der Waals surface area (Å²) in [4.78, 5) is 26.7. The first-order chi connectivity index (χ1) is 9.95. The van der Waals surface area contributed by atoms with Crippen LogP contribution in [0.25, 0.3) is 0 Å². The number of benzene rings is 1. The molecule has 6 nitrogen and oxygen atoms in total. The summed E-state index contributed by atoms with van der Waals surface area (Å²) < 4.78 is 0. The number of aryl methyl sites for hydroxylation is 1. The van der Waals surface area contributed by atoms with E-state index in [1.165, 1.54) is 24.4 Å². The highest BCUT2D eigenvalue weighted by Crippen LogP contribution is 2.20. The van der Waals surface area contributed by atoms with E-state index in [9.17, 15) is 9.59 Å². The van der Waals surface area contributed by atoms with Crippen molar-refractivity contribution >= 4 is 35.0 Å². The third-order valence-electron chi connectivity index (χ3n) is 2.69. The number of aromatic nitrogens is 1. The van der Waals surface area contributed by atoms with Gasteiger partial charge in [0.2, 0.25) is 0 Å². The first-order valence-electron chi connectivity index (χ1n) is 5.98. The number of carboxylic acids is 1. The van der Waals surface area contributed by atoms with Gasteiger partial charge in [0.1, 0.15) is 0 Å². The lowest BCUT2D eigenvalue weighted by Gasteiger charge is -2.10. The molecular formula is C14H12ClN3O3. The molecule has 0 saturated carbocycles. The van der Waals surface area contributed by atoms with Crippen LogP contribution in [0, 0.1) is 6.92 Å². The minimum atomic E-state index is -1.12. The number of pyridine rings is 1. The molecule has 0 spiro atoms. The number of rotatable bonds is 3. The van der Waals surface area contributed by atoms with Crippen molar-refractivity contribution in [3.8, 4) is 0 Å². The maximum absolute atomic E-state index is 11.9. The van der Waals surface area contributed by atoms with Crippen molar-refractivity contribution in [2.75, 3.05) is 10.6 Å². The summed E-state index contributed by atoms with van der Waals surface area (Å²) in [7, 11) is 0. The zero-order chi connectivity index (χ0) is 15.4. The number of carboxylic acid groups (broad SMARTS) is 1. The Morgan fingerprint density at radius 1 is 1.24 bits per heavy atom. The molecular weight excluding hydrogens is 294 g/mol. The maximum Gasteiger partial charge on any atom is 0.335 e. The average Bonchev–Trinajstić information content (AvgIpc) is 2.40. The summed E-state index contributed by atoms with van der Waals surface area (Å²) in [5.74, 6) is -1.12. The monoisotopic (exact) mass is 305 g/mol. The predicted octanol–water partition coefficient (Wildman–Crippen LogP) is 3.39. The number of amides is 2. The molecule has 0 fully saturated rings. The fraction of sp³-hybridized carbons (Fsp3) is 0.0714. The molecule has 1 aromatic heterocycles. The fourth-order valence-electron chi connectivity index (χ4n) is 1.66. The molecule has 0 bridgehead atoms. The maximum atomic E-state index is 11.9. The zero-order valence-corrected chi connectivity index (χ0v) is 11.8. The summed E-state index contributed by atoms with van der Waals surface area (Å²) in [6, 6.07) is 5.34. The number of anilines is 2. The minimum Gasteiger partial charge on any atom is -0.478 e. The smallest absolute Gasteiger partial charge is 0.335 e. The van der Waals surface area contributed by atoms with E-state index < -0.39 is 12.0 Å². The van der Waals surface area contributed by atoms with Crippen molar-refractivity contribution in [2.24, 2.45) is 0 Å². The van der Waals surface area contributed by atoms with E-state index in [4.69, 9.17) is 16.7 Å². The number of nitrogens with one attached hydrogen (secondary N) is 2. The molecule has 1 aromatic carbocycles. The normalized spacial score (nSPS) is 10.0.